The van der Waals surface area contributed by atoms with Crippen LogP contribution >= 0.6 is 0 Å². The zero-order valence-electron chi connectivity index (χ0n) is 11.2. The number of carboxylic acid groups (broad SMARTS) is 1. The molecule has 2 amide bonds. The standard InChI is InChI=1S/C12H19F3N2O3/c1-2-8-3-6-17(9(7-8)10(18)19)11(20)16-5-4-12(13,14)15/h8-9H,2-7H2,1H3,(H,16,20)(H,18,19). The molecule has 1 rings (SSSR count). The van der Waals surface area contributed by atoms with Crippen LogP contribution in [0, 0.1) is 5.92 Å². The van der Waals surface area contributed by atoms with E-state index in [1.54, 1.807) is 0 Å². The summed E-state index contributed by atoms with van der Waals surface area (Å²) in [5.41, 5.74) is 0. The summed E-state index contributed by atoms with van der Waals surface area (Å²) in [5.74, 6) is -0.885. The lowest BCUT2D eigenvalue weighted by molar-refractivity contribution is -0.144. The number of aliphatic carboxylic acids is 1. The smallest absolute Gasteiger partial charge is 0.390 e. The van der Waals surface area contributed by atoms with Gasteiger partial charge in [0.1, 0.15) is 6.04 Å². The van der Waals surface area contributed by atoms with Gasteiger partial charge in [-0.1, -0.05) is 13.3 Å². The molecule has 0 radical (unpaired) electrons. The zero-order valence-corrected chi connectivity index (χ0v) is 11.2. The molecule has 0 aromatic carbocycles. The van der Waals surface area contributed by atoms with Crippen molar-refractivity contribution in [1.29, 1.82) is 0 Å². The maximum atomic E-state index is 12.0. The number of carbonyl (C=O) groups excluding carboxylic acids is 1. The van der Waals surface area contributed by atoms with Gasteiger partial charge in [-0.3, -0.25) is 0 Å². The average molecular weight is 296 g/mol. The highest BCUT2D eigenvalue weighted by Crippen LogP contribution is 2.25. The number of rotatable bonds is 4. The van der Waals surface area contributed by atoms with Gasteiger partial charge >= 0.3 is 18.2 Å². The number of nitrogens with one attached hydrogen (secondary N) is 1. The Kier molecular flexibility index (Phi) is 5.64. The van der Waals surface area contributed by atoms with Crippen LogP contribution in [-0.4, -0.2) is 47.3 Å². The third-order valence-electron chi connectivity index (χ3n) is 3.52. The van der Waals surface area contributed by atoms with Gasteiger partial charge in [-0.15, -0.1) is 0 Å². The second-order valence-electron chi connectivity index (χ2n) is 4.94. The molecule has 0 bridgehead atoms. The van der Waals surface area contributed by atoms with Gasteiger partial charge in [-0.2, -0.15) is 13.2 Å². The van der Waals surface area contributed by atoms with Crippen molar-refractivity contribution in [1.82, 2.24) is 10.2 Å². The lowest BCUT2D eigenvalue weighted by Gasteiger charge is -2.36. The molecule has 0 aliphatic carbocycles. The van der Waals surface area contributed by atoms with E-state index in [2.05, 4.69) is 5.32 Å². The van der Waals surface area contributed by atoms with E-state index in [-0.39, 0.29) is 12.5 Å². The third-order valence-corrected chi connectivity index (χ3v) is 3.52. The molecule has 1 heterocycles. The first kappa shape index (κ1) is 16.6. The van der Waals surface area contributed by atoms with Gasteiger partial charge in [-0.05, 0) is 18.8 Å². The number of hydrogen-bond acceptors (Lipinski definition) is 2. The van der Waals surface area contributed by atoms with Gasteiger partial charge in [-0.25, -0.2) is 9.59 Å². The van der Waals surface area contributed by atoms with Crippen LogP contribution in [-0.2, 0) is 4.79 Å². The number of alkyl halides is 3. The monoisotopic (exact) mass is 296 g/mol. The van der Waals surface area contributed by atoms with Gasteiger partial charge < -0.3 is 15.3 Å². The van der Waals surface area contributed by atoms with Crippen molar-refractivity contribution in [2.45, 2.75) is 44.8 Å². The van der Waals surface area contributed by atoms with Crippen LogP contribution < -0.4 is 5.32 Å². The average Bonchev–Trinajstić information content (AvgIpc) is 2.36. The number of amides is 2. The van der Waals surface area contributed by atoms with Gasteiger partial charge in [0.2, 0.25) is 0 Å². The molecule has 1 fully saturated rings. The van der Waals surface area contributed by atoms with Crippen molar-refractivity contribution >= 4 is 12.0 Å². The maximum Gasteiger partial charge on any atom is 0.390 e. The molecule has 1 aliphatic rings. The van der Waals surface area contributed by atoms with Crippen LogP contribution in [0.25, 0.3) is 0 Å². The molecule has 0 spiro atoms. The number of carbonyl (C=O) groups is 2. The quantitative estimate of drug-likeness (QED) is 0.835. The van der Waals surface area contributed by atoms with Gasteiger partial charge in [0.25, 0.3) is 0 Å². The van der Waals surface area contributed by atoms with E-state index in [1.807, 2.05) is 6.92 Å². The number of piperidine rings is 1. The summed E-state index contributed by atoms with van der Waals surface area (Å²) in [6.45, 7) is 1.67. The largest absolute Gasteiger partial charge is 0.480 e. The minimum absolute atomic E-state index is 0.232. The fourth-order valence-electron chi connectivity index (χ4n) is 2.30. The summed E-state index contributed by atoms with van der Waals surface area (Å²) in [4.78, 5) is 24.1. The number of hydrogen-bond donors (Lipinski definition) is 2. The molecule has 0 aromatic heterocycles. The zero-order chi connectivity index (χ0) is 15.3. The Morgan fingerprint density at radius 3 is 2.55 bits per heavy atom. The van der Waals surface area contributed by atoms with E-state index in [0.29, 0.717) is 12.8 Å². The molecule has 1 saturated heterocycles. The summed E-state index contributed by atoms with van der Waals surface area (Å²) in [6.07, 6.45) is -3.62. The topological polar surface area (TPSA) is 69.6 Å². The summed E-state index contributed by atoms with van der Waals surface area (Å²) in [7, 11) is 0. The van der Waals surface area contributed by atoms with Crippen LogP contribution in [0.3, 0.4) is 0 Å². The normalized spacial score (nSPS) is 23.5. The van der Waals surface area contributed by atoms with Gasteiger partial charge in [0.15, 0.2) is 0 Å². The lowest BCUT2D eigenvalue weighted by Crippen LogP contribution is -2.53. The Morgan fingerprint density at radius 2 is 2.05 bits per heavy atom. The molecule has 0 aromatic rings. The molecule has 8 heteroatoms. The fourth-order valence-corrected chi connectivity index (χ4v) is 2.30. The van der Waals surface area contributed by atoms with Gasteiger partial charge in [0.05, 0.1) is 6.42 Å². The molecule has 20 heavy (non-hydrogen) atoms. The molecular weight excluding hydrogens is 277 g/mol. The highest BCUT2D eigenvalue weighted by atomic mass is 19.4. The predicted octanol–water partition coefficient (Wildman–Crippen LogP) is 2.22. The van der Waals surface area contributed by atoms with Crippen molar-refractivity contribution < 1.29 is 27.9 Å². The molecule has 2 N–H and O–H groups in total. The molecule has 116 valence electrons. The third kappa shape index (κ3) is 4.90. The number of urea groups is 1. The van der Waals surface area contributed by atoms with Crippen LogP contribution in [0.4, 0.5) is 18.0 Å². The number of halogens is 3. The number of nitrogens with zero attached hydrogens (tertiary/aromatic N) is 1. The second kappa shape index (κ2) is 6.81. The van der Waals surface area contributed by atoms with Gasteiger partial charge in [0, 0.05) is 13.1 Å². The van der Waals surface area contributed by atoms with Crippen LogP contribution in [0.15, 0.2) is 0 Å². The Labute approximate surface area is 115 Å². The lowest BCUT2D eigenvalue weighted by atomic mass is 9.89. The van der Waals surface area contributed by atoms with Crippen LogP contribution in [0.5, 0.6) is 0 Å². The Hall–Kier alpha value is -1.47. The van der Waals surface area contributed by atoms with E-state index in [4.69, 9.17) is 5.11 Å². The van der Waals surface area contributed by atoms with Crippen LogP contribution in [0.1, 0.15) is 32.6 Å². The minimum Gasteiger partial charge on any atom is -0.480 e. The molecule has 5 nitrogen and oxygen atoms in total. The minimum atomic E-state index is -4.34. The Balaban J connectivity index is 2.54. The molecule has 2 unspecified atom stereocenters. The first-order valence-electron chi connectivity index (χ1n) is 6.58. The molecule has 1 aliphatic heterocycles. The van der Waals surface area contributed by atoms with Crippen molar-refractivity contribution in [2.24, 2.45) is 5.92 Å². The van der Waals surface area contributed by atoms with E-state index in [0.717, 1.165) is 11.3 Å². The van der Waals surface area contributed by atoms with Crippen molar-refractivity contribution in [2.75, 3.05) is 13.1 Å². The fraction of sp³-hybridized carbons (Fsp3) is 0.833. The maximum absolute atomic E-state index is 12.0. The van der Waals surface area contributed by atoms with E-state index in [1.165, 1.54) is 0 Å². The molecular formula is C12H19F3N2O3. The highest BCUT2D eigenvalue weighted by Gasteiger charge is 2.36. The Bertz CT molecular complexity index is 360. The summed E-state index contributed by atoms with van der Waals surface area (Å²) in [6, 6.07) is -1.70. The predicted molar refractivity (Wildman–Crippen MR) is 65.2 cm³/mol. The van der Waals surface area contributed by atoms with E-state index >= 15 is 0 Å². The summed E-state index contributed by atoms with van der Waals surface area (Å²) < 4.78 is 36.0. The van der Waals surface area contributed by atoms with Crippen molar-refractivity contribution in [3.8, 4) is 0 Å². The SMILES string of the molecule is CCC1CCN(C(=O)NCCC(F)(F)F)C(C(=O)O)C1. The Morgan fingerprint density at radius 1 is 1.40 bits per heavy atom. The van der Waals surface area contributed by atoms with Crippen molar-refractivity contribution in [3.63, 3.8) is 0 Å². The summed E-state index contributed by atoms with van der Waals surface area (Å²) >= 11 is 0. The van der Waals surface area contributed by atoms with E-state index < -0.39 is 37.2 Å². The first-order valence-corrected chi connectivity index (χ1v) is 6.58. The van der Waals surface area contributed by atoms with E-state index in [9.17, 15) is 22.8 Å². The first-order chi connectivity index (χ1) is 9.24. The number of carboxylic acids is 1. The van der Waals surface area contributed by atoms with Crippen molar-refractivity contribution in [3.05, 3.63) is 0 Å². The molecule has 2 atom stereocenters. The van der Waals surface area contributed by atoms with Crippen LogP contribution in [0.2, 0.25) is 0 Å². The second-order valence-corrected chi connectivity index (χ2v) is 4.94. The highest BCUT2D eigenvalue weighted by molar-refractivity contribution is 5.82. The summed E-state index contributed by atoms with van der Waals surface area (Å²) in [5, 5.41) is 11.3. The number of likely N-dealkylation sites (tertiary alicyclic amines) is 1. The molecule has 0 saturated carbocycles.